The van der Waals surface area contributed by atoms with Crippen LogP contribution in [0.1, 0.15) is 28.5 Å². The van der Waals surface area contributed by atoms with Gasteiger partial charge in [-0.3, -0.25) is 39.9 Å². The van der Waals surface area contributed by atoms with E-state index in [-0.39, 0.29) is 0 Å². The van der Waals surface area contributed by atoms with Crippen LogP contribution in [0.25, 0.3) is 54.3 Å². The first-order valence-corrected chi connectivity index (χ1v) is 22.4. The van der Waals surface area contributed by atoms with Gasteiger partial charge in [0.25, 0.3) is 0 Å². The summed E-state index contributed by atoms with van der Waals surface area (Å²) in [5.74, 6) is 0. The Morgan fingerprint density at radius 2 is 0.797 bits per heavy atom. The van der Waals surface area contributed by atoms with Crippen LogP contribution in [0, 0.1) is 34.6 Å². The molecule has 0 saturated carbocycles. The van der Waals surface area contributed by atoms with E-state index >= 15 is 0 Å². The third-order valence-electron chi connectivity index (χ3n) is 11.0. The van der Waals surface area contributed by atoms with Crippen molar-refractivity contribution < 1.29 is 0 Å². The van der Waals surface area contributed by atoms with Crippen LogP contribution in [0.4, 0.5) is 11.4 Å². The van der Waals surface area contributed by atoms with Gasteiger partial charge in [-0.15, -0.1) is 0 Å². The van der Waals surface area contributed by atoms with Gasteiger partial charge in [-0.1, -0.05) is 60.7 Å². The molecule has 9 heterocycles. The predicted octanol–water partition coefficient (Wildman–Crippen LogP) is 13.1. The van der Waals surface area contributed by atoms with E-state index in [9.17, 15) is 0 Å². The number of para-hydroxylation sites is 3. The van der Waals surface area contributed by atoms with Crippen LogP contribution in [-0.4, -0.2) is 56.9 Å². The molecule has 0 amide bonds. The molecule has 0 bridgehead atoms. The topological polar surface area (TPSA) is 132 Å². The lowest BCUT2D eigenvalue weighted by molar-refractivity contribution is 1.15. The van der Waals surface area contributed by atoms with E-state index in [4.69, 9.17) is 0 Å². The largest absolute Gasteiger partial charge is 0.345 e. The second-order valence-corrected chi connectivity index (χ2v) is 15.6. The number of aryl methyl sites for hydroxylation is 5. The van der Waals surface area contributed by atoms with Crippen molar-refractivity contribution in [3.63, 3.8) is 0 Å². The lowest BCUT2D eigenvalue weighted by Gasteiger charge is -2.18. The number of fused-ring (bicyclic) bond motifs is 5. The Morgan fingerprint density at radius 3 is 1.46 bits per heavy atom. The Morgan fingerprint density at radius 1 is 0.304 bits per heavy atom. The number of nitrogens with zero attached hydrogens (tertiary/aromatic N) is 11. The fraction of sp³-hybridized carbons (Fsp3) is 0.103. The first kappa shape index (κ1) is 48.0. The number of benzene rings is 3. The molecular weight excluding hydrogens is 851 g/mol. The van der Waals surface area contributed by atoms with Crippen molar-refractivity contribution in [1.29, 1.82) is 0 Å². The van der Waals surface area contributed by atoms with Gasteiger partial charge >= 0.3 is 0 Å². The molecule has 11 nitrogen and oxygen atoms in total. The van der Waals surface area contributed by atoms with Crippen molar-refractivity contribution in [1.82, 2.24) is 49.8 Å². The zero-order chi connectivity index (χ0) is 48.2. The molecule has 9 aromatic heterocycles. The van der Waals surface area contributed by atoms with Crippen LogP contribution in [-0.2, 0) is 0 Å². The average molecular weight is 904 g/mol. The van der Waals surface area contributed by atoms with Crippen LogP contribution < -0.4 is 4.90 Å². The molecule has 12 aromatic rings. The lowest BCUT2D eigenvalue weighted by atomic mass is 10.2. The number of hydrogen-bond acceptors (Lipinski definition) is 11. The van der Waals surface area contributed by atoms with E-state index in [2.05, 4.69) is 110 Å². The van der Waals surface area contributed by atoms with Crippen molar-refractivity contribution in [2.24, 2.45) is 0 Å². The smallest absolute Gasteiger partial charge is 0.116 e. The maximum atomic E-state index is 4.22. The number of rotatable bonds is 2. The normalized spacial score (nSPS) is 10.2. The van der Waals surface area contributed by atoms with Gasteiger partial charge in [0, 0.05) is 135 Å². The van der Waals surface area contributed by atoms with Gasteiger partial charge in [-0.25, -0.2) is 9.97 Å². The highest BCUT2D eigenvalue weighted by Crippen LogP contribution is 2.22. The summed E-state index contributed by atoms with van der Waals surface area (Å²) < 4.78 is 0. The van der Waals surface area contributed by atoms with Crippen molar-refractivity contribution in [2.45, 2.75) is 34.6 Å². The Bertz CT molecular complexity index is 2980. The summed E-state index contributed by atoms with van der Waals surface area (Å²) in [7, 11) is 2.07. The van der Waals surface area contributed by atoms with E-state index in [0.29, 0.717) is 0 Å². The summed E-state index contributed by atoms with van der Waals surface area (Å²) in [5, 5.41) is 8.09. The summed E-state index contributed by atoms with van der Waals surface area (Å²) in [6.45, 7) is 9.94. The second-order valence-electron chi connectivity index (χ2n) is 15.6. The zero-order valence-corrected chi connectivity index (χ0v) is 39.6. The number of aromatic nitrogens is 10. The van der Waals surface area contributed by atoms with Gasteiger partial charge in [0.05, 0.1) is 22.2 Å². The third-order valence-corrected chi connectivity index (χ3v) is 11.0. The Kier molecular flexibility index (Phi) is 17.1. The highest BCUT2D eigenvalue weighted by atomic mass is 15.1. The minimum atomic E-state index is 0.989. The summed E-state index contributed by atoms with van der Waals surface area (Å²) in [6.07, 6.45) is 19.7. The van der Waals surface area contributed by atoms with Crippen LogP contribution in [0.3, 0.4) is 0 Å². The van der Waals surface area contributed by atoms with Crippen molar-refractivity contribution in [3.8, 4) is 0 Å². The van der Waals surface area contributed by atoms with E-state index in [0.717, 1.165) is 72.0 Å². The Labute approximate surface area is 402 Å². The van der Waals surface area contributed by atoms with Crippen molar-refractivity contribution >= 4 is 65.6 Å². The van der Waals surface area contributed by atoms with Crippen LogP contribution in [0.5, 0.6) is 0 Å². The molecule has 0 fully saturated rings. The summed E-state index contributed by atoms with van der Waals surface area (Å²) in [5.41, 5.74) is 10.6. The van der Waals surface area contributed by atoms with E-state index in [1.54, 1.807) is 49.7 Å². The van der Waals surface area contributed by atoms with Gasteiger partial charge in [-0.05, 0) is 125 Å². The quantitative estimate of drug-likeness (QED) is 0.164. The minimum Gasteiger partial charge on any atom is -0.345 e. The molecule has 0 aliphatic carbocycles. The van der Waals surface area contributed by atoms with Gasteiger partial charge in [0.1, 0.15) is 6.33 Å². The number of hydrogen-bond donors (Lipinski definition) is 0. The molecule has 0 unspecified atom stereocenters. The fourth-order valence-electron chi connectivity index (χ4n) is 7.20. The SMILES string of the molecule is CN(c1ccccc1)c1ccccc1.Cc1nccc2cccnc12.Cc1nccc2ccncc12.Cc1nccc2cnccc12.Cc1nccc2ncccc12.Cc1ncnc2ccccc12. The van der Waals surface area contributed by atoms with Gasteiger partial charge in [0.2, 0.25) is 0 Å². The van der Waals surface area contributed by atoms with Gasteiger partial charge < -0.3 is 4.90 Å². The molecule has 11 heteroatoms. The van der Waals surface area contributed by atoms with Crippen molar-refractivity contribution in [2.75, 3.05) is 11.9 Å². The first-order chi connectivity index (χ1) is 33.8. The average Bonchev–Trinajstić information content (AvgIpc) is 3.41. The number of pyridine rings is 8. The minimum absolute atomic E-state index is 0.989. The molecule has 0 aliphatic rings. The van der Waals surface area contributed by atoms with Gasteiger partial charge in [0.15, 0.2) is 0 Å². The molecule has 0 saturated heterocycles. The molecule has 0 aliphatic heterocycles. The molecule has 0 N–H and O–H groups in total. The Balaban J connectivity index is 0.000000123. The Hall–Kier alpha value is -8.96. The van der Waals surface area contributed by atoms with Crippen LogP contribution in [0.2, 0.25) is 0 Å². The maximum Gasteiger partial charge on any atom is 0.116 e. The fourth-order valence-corrected chi connectivity index (χ4v) is 7.20. The maximum absolute atomic E-state index is 4.22. The van der Waals surface area contributed by atoms with Gasteiger partial charge in [-0.2, -0.15) is 0 Å². The molecule has 3 aromatic carbocycles. The monoisotopic (exact) mass is 903 g/mol. The summed E-state index contributed by atoms with van der Waals surface area (Å²) >= 11 is 0. The third kappa shape index (κ3) is 13.3. The first-order valence-electron chi connectivity index (χ1n) is 22.4. The van der Waals surface area contributed by atoms with E-state index in [1.807, 2.05) is 150 Å². The standard InChI is InChI=1S/C13H13N.5C9H8N2/c1-14(12-8-4-2-5-9-12)13-10-6-3-7-11-13;1-7-9-3-4-10-6-8(9)2-5-11-7;1-7-9-6-10-4-2-8(9)3-5-11-7;1-7-8-3-2-5-11-9(8)4-6-10-7;1-7-9-8(4-6-10-7)3-2-5-11-9;1-7-8-4-2-3-5-9(8)11-6-10-7/h2-11H,1H3;5*2-6H,1H3. The molecule has 0 spiro atoms. The van der Waals surface area contributed by atoms with E-state index < -0.39 is 0 Å². The summed E-state index contributed by atoms with van der Waals surface area (Å²) in [6, 6.07) is 48.4. The van der Waals surface area contributed by atoms with E-state index in [1.165, 1.54) is 22.1 Å². The molecule has 69 heavy (non-hydrogen) atoms. The zero-order valence-electron chi connectivity index (χ0n) is 39.6. The van der Waals surface area contributed by atoms with Crippen molar-refractivity contribution in [3.05, 3.63) is 242 Å². The molecule has 340 valence electrons. The summed E-state index contributed by atoms with van der Waals surface area (Å²) in [4.78, 5) is 43.5. The number of anilines is 2. The predicted molar refractivity (Wildman–Crippen MR) is 282 cm³/mol. The molecule has 12 rings (SSSR count). The molecule has 0 atom stereocenters. The van der Waals surface area contributed by atoms with Crippen LogP contribution >= 0.6 is 0 Å². The highest BCUT2D eigenvalue weighted by molar-refractivity contribution is 5.84. The second kappa shape index (κ2) is 24.5. The van der Waals surface area contributed by atoms with Crippen LogP contribution in [0.15, 0.2) is 214 Å². The molecular formula is C58H53N11. The lowest BCUT2D eigenvalue weighted by Crippen LogP contribution is -2.08. The molecule has 0 radical (unpaired) electrons. The highest BCUT2D eigenvalue weighted by Gasteiger charge is 2.01.